The average molecular weight is 269 g/mol. The topological polar surface area (TPSA) is 21.3 Å². The van der Waals surface area contributed by atoms with Crippen LogP contribution in [0.2, 0.25) is 0 Å². The van der Waals surface area contributed by atoms with Gasteiger partial charge in [0.05, 0.1) is 12.2 Å². The lowest BCUT2D eigenvalue weighted by Crippen LogP contribution is -2.43. The molecule has 0 heterocycles. The molecule has 0 radical (unpaired) electrons. The summed E-state index contributed by atoms with van der Waals surface area (Å²) in [5, 5.41) is 3.51. The van der Waals surface area contributed by atoms with Gasteiger partial charge >= 0.3 is 0 Å². The van der Waals surface area contributed by atoms with Crippen molar-refractivity contribution in [1.82, 2.24) is 5.32 Å². The van der Waals surface area contributed by atoms with E-state index in [9.17, 15) is 0 Å². The summed E-state index contributed by atoms with van der Waals surface area (Å²) in [6, 6.07) is 0. The fourth-order valence-corrected chi connectivity index (χ4v) is 2.85. The molecule has 1 N–H and O–H groups in total. The normalized spacial score (nSPS) is 19.1. The minimum atomic E-state index is 0.236. The van der Waals surface area contributed by atoms with Crippen molar-refractivity contribution in [3.63, 3.8) is 0 Å². The van der Waals surface area contributed by atoms with Crippen molar-refractivity contribution in [2.24, 2.45) is 5.92 Å². The van der Waals surface area contributed by atoms with Gasteiger partial charge in [0.2, 0.25) is 0 Å². The predicted octanol–water partition coefficient (Wildman–Crippen LogP) is 4.53. The smallest absolute Gasteiger partial charge is 0.0694 e. The van der Waals surface area contributed by atoms with Gasteiger partial charge in [0, 0.05) is 0 Å². The summed E-state index contributed by atoms with van der Waals surface area (Å²) in [5.74, 6) is 0.779. The van der Waals surface area contributed by atoms with E-state index in [0.29, 0.717) is 0 Å². The molecule has 2 heteroatoms. The standard InChI is InChI=1S/C17H35NO/c1-4-7-9-16(6-3)15-19-17(10-8-11-17)12-14-18-13-5-2/h16,18H,4-15H2,1-3H3. The minimum Gasteiger partial charge on any atom is -0.375 e. The fraction of sp³-hybridized carbons (Fsp3) is 1.00. The first-order valence-corrected chi connectivity index (χ1v) is 8.61. The Balaban J connectivity index is 2.22. The fourth-order valence-electron chi connectivity index (χ4n) is 2.85. The van der Waals surface area contributed by atoms with E-state index < -0.39 is 0 Å². The van der Waals surface area contributed by atoms with Gasteiger partial charge in [-0.05, 0) is 57.5 Å². The summed E-state index contributed by atoms with van der Waals surface area (Å²) < 4.78 is 6.36. The van der Waals surface area contributed by atoms with Gasteiger partial charge in [0.1, 0.15) is 0 Å². The number of nitrogens with one attached hydrogen (secondary N) is 1. The van der Waals surface area contributed by atoms with E-state index in [0.717, 1.165) is 25.6 Å². The average Bonchev–Trinajstić information content (AvgIpc) is 2.39. The lowest BCUT2D eigenvalue weighted by molar-refractivity contribution is -0.116. The van der Waals surface area contributed by atoms with Crippen molar-refractivity contribution < 1.29 is 4.74 Å². The van der Waals surface area contributed by atoms with E-state index >= 15 is 0 Å². The number of hydrogen-bond donors (Lipinski definition) is 1. The monoisotopic (exact) mass is 269 g/mol. The molecule has 1 unspecified atom stereocenters. The number of unbranched alkanes of at least 4 members (excludes halogenated alkanes) is 1. The molecule has 1 rings (SSSR count). The third-order valence-electron chi connectivity index (χ3n) is 4.62. The molecule has 0 spiro atoms. The Morgan fingerprint density at radius 2 is 1.89 bits per heavy atom. The molecule has 2 nitrogen and oxygen atoms in total. The van der Waals surface area contributed by atoms with Crippen LogP contribution in [0.3, 0.4) is 0 Å². The van der Waals surface area contributed by atoms with E-state index in [1.807, 2.05) is 0 Å². The third kappa shape index (κ3) is 6.27. The lowest BCUT2D eigenvalue weighted by Gasteiger charge is -2.43. The first-order chi connectivity index (χ1) is 9.26. The van der Waals surface area contributed by atoms with Crippen LogP contribution in [-0.2, 0) is 4.74 Å². The van der Waals surface area contributed by atoms with E-state index in [1.165, 1.54) is 57.8 Å². The molecule has 1 fully saturated rings. The van der Waals surface area contributed by atoms with Gasteiger partial charge < -0.3 is 10.1 Å². The molecule has 0 aromatic carbocycles. The highest BCUT2D eigenvalue weighted by atomic mass is 16.5. The van der Waals surface area contributed by atoms with E-state index in [4.69, 9.17) is 4.74 Å². The highest BCUT2D eigenvalue weighted by Crippen LogP contribution is 2.39. The van der Waals surface area contributed by atoms with Crippen LogP contribution in [0.15, 0.2) is 0 Å². The number of hydrogen-bond acceptors (Lipinski definition) is 2. The van der Waals surface area contributed by atoms with Gasteiger partial charge in [-0.15, -0.1) is 0 Å². The van der Waals surface area contributed by atoms with Crippen molar-refractivity contribution in [2.45, 2.75) is 84.2 Å². The zero-order chi connectivity index (χ0) is 14.0. The van der Waals surface area contributed by atoms with Crippen LogP contribution in [0.4, 0.5) is 0 Å². The first kappa shape index (κ1) is 17.0. The van der Waals surface area contributed by atoms with Crippen LogP contribution < -0.4 is 5.32 Å². The predicted molar refractivity (Wildman–Crippen MR) is 83.6 cm³/mol. The summed E-state index contributed by atoms with van der Waals surface area (Å²) in [5.41, 5.74) is 0.236. The van der Waals surface area contributed by atoms with Crippen LogP contribution in [0.25, 0.3) is 0 Å². The first-order valence-electron chi connectivity index (χ1n) is 8.61. The van der Waals surface area contributed by atoms with Gasteiger partial charge in [0.15, 0.2) is 0 Å². The molecule has 0 amide bonds. The molecule has 0 saturated heterocycles. The van der Waals surface area contributed by atoms with Crippen LogP contribution in [0, 0.1) is 5.92 Å². The number of rotatable bonds is 12. The molecule has 19 heavy (non-hydrogen) atoms. The zero-order valence-corrected chi connectivity index (χ0v) is 13.5. The molecule has 114 valence electrons. The van der Waals surface area contributed by atoms with Crippen LogP contribution in [-0.4, -0.2) is 25.3 Å². The van der Waals surface area contributed by atoms with Crippen molar-refractivity contribution in [3.8, 4) is 0 Å². The molecule has 1 saturated carbocycles. The van der Waals surface area contributed by atoms with Crippen LogP contribution in [0.1, 0.15) is 78.6 Å². The van der Waals surface area contributed by atoms with Crippen molar-refractivity contribution in [2.75, 3.05) is 19.7 Å². The molecular formula is C17H35NO. The third-order valence-corrected chi connectivity index (χ3v) is 4.62. The van der Waals surface area contributed by atoms with Crippen LogP contribution >= 0.6 is 0 Å². The van der Waals surface area contributed by atoms with E-state index in [-0.39, 0.29) is 5.60 Å². The summed E-state index contributed by atoms with van der Waals surface area (Å²) in [6.45, 7) is 10.1. The Hall–Kier alpha value is -0.0800. The second-order valence-electron chi connectivity index (χ2n) is 6.26. The van der Waals surface area contributed by atoms with Crippen molar-refractivity contribution >= 4 is 0 Å². The Morgan fingerprint density at radius 3 is 2.42 bits per heavy atom. The molecule has 0 aliphatic heterocycles. The number of ether oxygens (including phenoxy) is 1. The Kier molecular flexibility index (Phi) is 8.72. The van der Waals surface area contributed by atoms with E-state index in [1.54, 1.807) is 0 Å². The minimum absolute atomic E-state index is 0.236. The van der Waals surface area contributed by atoms with Gasteiger partial charge in [-0.1, -0.05) is 40.0 Å². The summed E-state index contributed by atoms with van der Waals surface area (Å²) >= 11 is 0. The van der Waals surface area contributed by atoms with Crippen molar-refractivity contribution in [1.29, 1.82) is 0 Å². The molecule has 0 aromatic heterocycles. The quantitative estimate of drug-likeness (QED) is 0.525. The highest BCUT2D eigenvalue weighted by molar-refractivity contribution is 4.90. The Morgan fingerprint density at radius 1 is 1.11 bits per heavy atom. The van der Waals surface area contributed by atoms with Crippen LogP contribution in [0.5, 0.6) is 0 Å². The SMILES string of the molecule is CCCCC(CC)COC1(CCNCCC)CCC1. The maximum absolute atomic E-state index is 6.36. The largest absolute Gasteiger partial charge is 0.375 e. The zero-order valence-electron chi connectivity index (χ0n) is 13.5. The summed E-state index contributed by atoms with van der Waals surface area (Å²) in [6.07, 6.45) is 11.6. The molecule has 1 aliphatic carbocycles. The lowest BCUT2D eigenvalue weighted by atomic mass is 9.77. The second-order valence-corrected chi connectivity index (χ2v) is 6.26. The maximum Gasteiger partial charge on any atom is 0.0694 e. The highest BCUT2D eigenvalue weighted by Gasteiger charge is 2.37. The van der Waals surface area contributed by atoms with Gasteiger partial charge in [-0.2, -0.15) is 0 Å². The van der Waals surface area contributed by atoms with Gasteiger partial charge in [0.25, 0.3) is 0 Å². The Labute approximate surface area is 120 Å². The summed E-state index contributed by atoms with van der Waals surface area (Å²) in [7, 11) is 0. The molecule has 1 aliphatic rings. The molecule has 1 atom stereocenters. The van der Waals surface area contributed by atoms with Crippen molar-refractivity contribution in [3.05, 3.63) is 0 Å². The molecule has 0 bridgehead atoms. The maximum atomic E-state index is 6.36. The molecule has 0 aromatic rings. The van der Waals surface area contributed by atoms with Gasteiger partial charge in [-0.25, -0.2) is 0 Å². The molecular weight excluding hydrogens is 234 g/mol. The Bertz CT molecular complexity index is 213. The van der Waals surface area contributed by atoms with Gasteiger partial charge in [-0.3, -0.25) is 0 Å². The van der Waals surface area contributed by atoms with E-state index in [2.05, 4.69) is 26.1 Å². The summed E-state index contributed by atoms with van der Waals surface area (Å²) in [4.78, 5) is 0. The second kappa shape index (κ2) is 9.77.